The van der Waals surface area contributed by atoms with Crippen molar-refractivity contribution in [2.75, 3.05) is 11.9 Å². The number of fused-ring (bicyclic) bond motifs is 1. The molecular formula is C27H34FN3O5. The molecule has 0 aromatic heterocycles. The summed E-state index contributed by atoms with van der Waals surface area (Å²) >= 11 is 0. The van der Waals surface area contributed by atoms with Gasteiger partial charge in [0.25, 0.3) is 5.91 Å². The van der Waals surface area contributed by atoms with Crippen molar-refractivity contribution in [1.29, 1.82) is 0 Å². The highest BCUT2D eigenvalue weighted by Crippen LogP contribution is 2.37. The van der Waals surface area contributed by atoms with Crippen LogP contribution in [0.5, 0.6) is 0 Å². The molecule has 2 heterocycles. The van der Waals surface area contributed by atoms with Gasteiger partial charge in [0.15, 0.2) is 6.17 Å². The molecule has 2 aliphatic heterocycles. The van der Waals surface area contributed by atoms with E-state index in [0.29, 0.717) is 12.0 Å². The van der Waals surface area contributed by atoms with Gasteiger partial charge in [-0.1, -0.05) is 42.5 Å². The summed E-state index contributed by atoms with van der Waals surface area (Å²) < 4.78 is 19.2. The summed E-state index contributed by atoms with van der Waals surface area (Å²) in [6.07, 6.45) is -3.43. The van der Waals surface area contributed by atoms with Gasteiger partial charge in [-0.15, -0.1) is 0 Å². The van der Waals surface area contributed by atoms with E-state index in [2.05, 4.69) is 47.3 Å². The number of amides is 1. The summed E-state index contributed by atoms with van der Waals surface area (Å²) in [6.45, 7) is 5.36. The molecule has 1 fully saturated rings. The molecule has 5 N–H and O–H groups in total. The molecule has 0 radical (unpaired) electrons. The lowest BCUT2D eigenvalue weighted by molar-refractivity contribution is -0.291. The normalized spacial score (nSPS) is 29.6. The maximum absolute atomic E-state index is 14.0. The van der Waals surface area contributed by atoms with Crippen LogP contribution >= 0.6 is 0 Å². The molecule has 0 bridgehead atoms. The van der Waals surface area contributed by atoms with Crippen LogP contribution < -0.4 is 16.1 Å². The minimum atomic E-state index is -1.99. The minimum absolute atomic E-state index is 0.425. The fourth-order valence-electron chi connectivity index (χ4n) is 4.62. The van der Waals surface area contributed by atoms with E-state index in [1.165, 1.54) is 24.3 Å². The molecular weight excluding hydrogens is 465 g/mol. The van der Waals surface area contributed by atoms with Gasteiger partial charge in [0.05, 0.1) is 6.10 Å². The smallest absolute Gasteiger partial charge is 0.267 e. The Morgan fingerprint density at radius 1 is 1.14 bits per heavy atom. The maximum atomic E-state index is 14.0. The molecule has 1 saturated heterocycles. The van der Waals surface area contributed by atoms with Crippen molar-refractivity contribution in [3.63, 3.8) is 0 Å². The topological polar surface area (TPSA) is 112 Å². The lowest BCUT2D eigenvalue weighted by Gasteiger charge is -2.37. The van der Waals surface area contributed by atoms with Crippen LogP contribution in [-0.2, 0) is 20.9 Å². The number of nitrogens with one attached hydrogen (secondary N) is 3. The number of rotatable bonds is 9. The quantitative estimate of drug-likeness (QED) is 0.205. The van der Waals surface area contributed by atoms with Crippen molar-refractivity contribution in [2.24, 2.45) is 0 Å². The van der Waals surface area contributed by atoms with Gasteiger partial charge in [-0.25, -0.2) is 14.7 Å². The average molecular weight is 500 g/mol. The fourth-order valence-corrected chi connectivity index (χ4v) is 4.62. The van der Waals surface area contributed by atoms with Gasteiger partial charge in [-0.05, 0) is 55.6 Å². The summed E-state index contributed by atoms with van der Waals surface area (Å²) in [5.41, 5.74) is 6.67. The molecule has 2 aromatic carbocycles. The van der Waals surface area contributed by atoms with E-state index in [1.807, 2.05) is 24.3 Å². The number of carbonyl (C=O) groups excluding carboxylic acids is 1. The van der Waals surface area contributed by atoms with Gasteiger partial charge < -0.3 is 25.6 Å². The molecule has 36 heavy (non-hydrogen) atoms. The predicted molar refractivity (Wildman–Crippen MR) is 135 cm³/mol. The Morgan fingerprint density at radius 3 is 2.67 bits per heavy atom. The standard InChI is InChI=1S/C27H34FN3O5/c1-16-20(21-5-3-4-6-22(21)30-16)13-14-29-15-19-9-7-18(8-10-19)11-12-23(32)31-36-27-24(28)26(34)25(33)17(2)35-27/h3-12,16-17,20,24-27,29-30,33-34H,13-15H2,1-2H3,(H,31,32)/b12-11+/t16?,17-,20?,24-,25+,26-,27-/m0/s1. The number of aliphatic hydroxyl groups is 2. The summed E-state index contributed by atoms with van der Waals surface area (Å²) in [6, 6.07) is 16.7. The Labute approximate surface area is 210 Å². The maximum Gasteiger partial charge on any atom is 0.267 e. The molecule has 1 amide bonds. The van der Waals surface area contributed by atoms with Crippen LogP contribution in [0.15, 0.2) is 54.6 Å². The molecule has 8 nitrogen and oxygen atoms in total. The number of alkyl halides is 1. The van der Waals surface area contributed by atoms with Crippen molar-refractivity contribution in [3.05, 3.63) is 71.3 Å². The van der Waals surface area contributed by atoms with E-state index in [1.54, 1.807) is 6.08 Å². The van der Waals surface area contributed by atoms with Crippen LogP contribution in [0.2, 0.25) is 0 Å². The first-order valence-electron chi connectivity index (χ1n) is 12.3. The molecule has 2 unspecified atom stereocenters. The summed E-state index contributed by atoms with van der Waals surface area (Å²) in [5, 5.41) is 26.3. The third kappa shape index (κ3) is 6.29. The van der Waals surface area contributed by atoms with E-state index in [-0.39, 0.29) is 0 Å². The highest BCUT2D eigenvalue weighted by molar-refractivity contribution is 5.90. The number of hydroxylamine groups is 1. The second-order valence-corrected chi connectivity index (χ2v) is 9.39. The van der Waals surface area contributed by atoms with Gasteiger partial charge in [0, 0.05) is 30.3 Å². The number of hydrogen-bond donors (Lipinski definition) is 5. The largest absolute Gasteiger partial charge is 0.388 e. The zero-order valence-electron chi connectivity index (χ0n) is 20.4. The van der Waals surface area contributed by atoms with Crippen molar-refractivity contribution in [3.8, 4) is 0 Å². The van der Waals surface area contributed by atoms with Crippen molar-refractivity contribution < 1.29 is 29.0 Å². The average Bonchev–Trinajstić information content (AvgIpc) is 3.20. The third-order valence-electron chi connectivity index (χ3n) is 6.76. The Kier molecular flexibility index (Phi) is 8.71. The molecule has 7 atom stereocenters. The van der Waals surface area contributed by atoms with Crippen molar-refractivity contribution >= 4 is 17.7 Å². The number of ether oxygens (including phenoxy) is 1. The van der Waals surface area contributed by atoms with Crippen LogP contribution in [0, 0.1) is 0 Å². The van der Waals surface area contributed by atoms with Crippen LogP contribution in [0.25, 0.3) is 6.08 Å². The Bertz CT molecular complexity index is 1050. The molecule has 9 heteroatoms. The Morgan fingerprint density at radius 2 is 1.89 bits per heavy atom. The van der Waals surface area contributed by atoms with Crippen LogP contribution in [0.1, 0.15) is 42.9 Å². The Balaban J connectivity index is 1.17. The molecule has 0 saturated carbocycles. The molecule has 2 aliphatic rings. The fraction of sp³-hybridized carbons (Fsp3) is 0.444. The highest BCUT2D eigenvalue weighted by Gasteiger charge is 2.44. The van der Waals surface area contributed by atoms with E-state index >= 15 is 0 Å². The van der Waals surface area contributed by atoms with E-state index in [0.717, 1.165) is 30.6 Å². The number of anilines is 1. The second-order valence-electron chi connectivity index (χ2n) is 9.39. The highest BCUT2D eigenvalue weighted by atomic mass is 19.1. The van der Waals surface area contributed by atoms with Crippen molar-refractivity contribution in [1.82, 2.24) is 10.8 Å². The van der Waals surface area contributed by atoms with Gasteiger partial charge >= 0.3 is 0 Å². The summed E-state index contributed by atoms with van der Waals surface area (Å²) in [5.74, 6) is -0.112. The molecule has 0 spiro atoms. The predicted octanol–water partition coefficient (Wildman–Crippen LogP) is 2.63. The lowest BCUT2D eigenvalue weighted by Crippen LogP contribution is -2.56. The van der Waals surface area contributed by atoms with E-state index in [9.17, 15) is 19.4 Å². The van der Waals surface area contributed by atoms with Crippen LogP contribution in [0.3, 0.4) is 0 Å². The first kappa shape index (κ1) is 26.2. The summed E-state index contributed by atoms with van der Waals surface area (Å²) in [7, 11) is 0. The number of benzene rings is 2. The number of para-hydroxylation sites is 1. The Hall–Kier alpha value is -2.82. The minimum Gasteiger partial charge on any atom is -0.388 e. The second kappa shape index (κ2) is 11.9. The number of halogens is 1. The van der Waals surface area contributed by atoms with Gasteiger partial charge in [-0.3, -0.25) is 4.79 Å². The van der Waals surface area contributed by atoms with E-state index in [4.69, 9.17) is 9.57 Å². The molecule has 2 aromatic rings. The molecule has 4 rings (SSSR count). The molecule has 194 valence electrons. The number of aliphatic hydroxyl groups excluding tert-OH is 2. The first-order valence-corrected chi connectivity index (χ1v) is 12.3. The van der Waals surface area contributed by atoms with Gasteiger partial charge in [0.1, 0.15) is 12.2 Å². The van der Waals surface area contributed by atoms with E-state index < -0.39 is 36.7 Å². The van der Waals surface area contributed by atoms with Gasteiger partial charge in [0.2, 0.25) is 6.29 Å². The molecule has 0 aliphatic carbocycles. The third-order valence-corrected chi connectivity index (χ3v) is 6.76. The van der Waals surface area contributed by atoms with Gasteiger partial charge in [-0.2, -0.15) is 0 Å². The number of carbonyl (C=O) groups is 1. The number of hydrogen-bond acceptors (Lipinski definition) is 7. The van der Waals surface area contributed by atoms with Crippen molar-refractivity contribution in [2.45, 2.75) is 69.5 Å². The van der Waals surface area contributed by atoms with Crippen LogP contribution in [-0.4, -0.2) is 59.5 Å². The lowest BCUT2D eigenvalue weighted by atomic mass is 9.93. The van der Waals surface area contributed by atoms with Crippen LogP contribution in [0.4, 0.5) is 10.1 Å². The first-order chi connectivity index (χ1) is 17.3. The monoisotopic (exact) mass is 499 g/mol. The SMILES string of the molecule is CC1Nc2ccccc2C1CCNCc1ccc(/C=C/C(=O)NO[C@@H]2O[C@@H](C)[C@@H](O)[C@@H](O)[C@@H]2F)cc1. The summed E-state index contributed by atoms with van der Waals surface area (Å²) in [4.78, 5) is 17.0. The zero-order chi connectivity index (χ0) is 25.7. The zero-order valence-corrected chi connectivity index (χ0v) is 20.4.